The number of nitrogens with one attached hydrogen (secondary N) is 2. The number of halogens is 3. The van der Waals surface area contributed by atoms with E-state index in [4.69, 9.17) is 5.26 Å². The third-order valence-corrected chi connectivity index (χ3v) is 7.36. The summed E-state index contributed by atoms with van der Waals surface area (Å²) in [5, 5.41) is 16.5. The van der Waals surface area contributed by atoms with Crippen LogP contribution in [-0.4, -0.2) is 52.8 Å². The van der Waals surface area contributed by atoms with Gasteiger partial charge in [-0.25, -0.2) is 9.97 Å². The Morgan fingerprint density at radius 3 is 2.79 bits per heavy atom. The van der Waals surface area contributed by atoms with Crippen molar-refractivity contribution in [1.29, 1.82) is 5.26 Å². The minimum Gasteiger partial charge on any atom is -0.373 e. The second-order valence-corrected chi connectivity index (χ2v) is 10.4. The van der Waals surface area contributed by atoms with Crippen LogP contribution in [0.4, 0.5) is 19.0 Å². The Hall–Kier alpha value is -2.64. The molecule has 0 saturated carbocycles. The minimum atomic E-state index is -4.23. The Morgan fingerprint density at radius 1 is 1.35 bits per heavy atom. The van der Waals surface area contributed by atoms with E-state index in [-0.39, 0.29) is 17.0 Å². The lowest BCUT2D eigenvalue weighted by molar-refractivity contribution is -0.126. The summed E-state index contributed by atoms with van der Waals surface area (Å²) in [6.45, 7) is 6.96. The van der Waals surface area contributed by atoms with Crippen LogP contribution in [0.3, 0.4) is 0 Å². The van der Waals surface area contributed by atoms with Crippen molar-refractivity contribution >= 4 is 27.4 Å². The smallest absolute Gasteiger partial charge is 0.373 e. The van der Waals surface area contributed by atoms with Gasteiger partial charge in [-0.15, -0.1) is 11.3 Å². The van der Waals surface area contributed by atoms with Crippen LogP contribution < -0.4 is 10.6 Å². The molecule has 2 aromatic rings. The van der Waals surface area contributed by atoms with Crippen LogP contribution in [-0.2, 0) is 6.42 Å². The largest absolute Gasteiger partial charge is 0.393 e. The fraction of sp³-hybridized carbons (Fsp3) is 0.542. The lowest BCUT2D eigenvalue weighted by Crippen LogP contribution is -2.39. The van der Waals surface area contributed by atoms with Crippen molar-refractivity contribution in [2.24, 2.45) is 5.92 Å². The molecule has 34 heavy (non-hydrogen) atoms. The van der Waals surface area contributed by atoms with Crippen molar-refractivity contribution in [2.45, 2.75) is 57.8 Å². The number of rotatable bonds is 6. The number of piperidine rings is 1. The number of nitriles is 1. The molecule has 2 fully saturated rings. The van der Waals surface area contributed by atoms with Crippen molar-refractivity contribution in [3.63, 3.8) is 0 Å². The molecular weight excluding hydrogens is 461 g/mol. The summed E-state index contributed by atoms with van der Waals surface area (Å²) in [5.74, 6) is 0.947. The first-order valence-electron chi connectivity index (χ1n) is 11.5. The molecule has 0 amide bonds. The van der Waals surface area contributed by atoms with E-state index >= 15 is 0 Å². The highest BCUT2D eigenvalue weighted by atomic mass is 32.1. The molecule has 182 valence electrons. The van der Waals surface area contributed by atoms with Gasteiger partial charge in [0.15, 0.2) is 0 Å². The molecule has 2 saturated heterocycles. The molecule has 0 bridgehead atoms. The van der Waals surface area contributed by atoms with Gasteiger partial charge in [0.2, 0.25) is 0 Å². The molecule has 2 aliphatic rings. The van der Waals surface area contributed by atoms with Crippen LogP contribution in [0.1, 0.15) is 38.0 Å². The topological polar surface area (TPSA) is 76.9 Å². The van der Waals surface area contributed by atoms with Gasteiger partial charge in [0.05, 0.1) is 17.9 Å². The number of nitrogens with zero attached hydrogens (tertiary/aromatic N) is 4. The molecule has 2 N–H and O–H groups in total. The number of fused-ring (bicyclic) bond motifs is 1. The lowest BCUT2D eigenvalue weighted by Gasteiger charge is -2.32. The summed E-state index contributed by atoms with van der Waals surface area (Å²) in [6.07, 6.45) is 3.22. The van der Waals surface area contributed by atoms with Crippen LogP contribution in [0.25, 0.3) is 10.2 Å². The Balaban J connectivity index is 1.30. The van der Waals surface area contributed by atoms with E-state index in [9.17, 15) is 13.2 Å². The maximum absolute atomic E-state index is 12.8. The van der Waals surface area contributed by atoms with Crippen molar-refractivity contribution < 1.29 is 13.2 Å². The fourth-order valence-electron chi connectivity index (χ4n) is 4.52. The van der Waals surface area contributed by atoms with Gasteiger partial charge in [-0.05, 0) is 44.2 Å². The number of alkyl halides is 3. The summed E-state index contributed by atoms with van der Waals surface area (Å²) in [5.41, 5.74) is 2.38. The molecule has 4 heterocycles. The van der Waals surface area contributed by atoms with E-state index in [0.717, 1.165) is 55.9 Å². The Labute approximate surface area is 201 Å². The monoisotopic (exact) mass is 490 g/mol. The first kappa shape index (κ1) is 24.5. The quantitative estimate of drug-likeness (QED) is 0.592. The van der Waals surface area contributed by atoms with Gasteiger partial charge in [-0.2, -0.15) is 18.4 Å². The second-order valence-electron chi connectivity index (χ2n) is 9.28. The third kappa shape index (κ3) is 6.27. The molecule has 2 aromatic heterocycles. The molecule has 6 nitrogen and oxygen atoms in total. The average molecular weight is 491 g/mol. The van der Waals surface area contributed by atoms with E-state index in [2.05, 4.69) is 57.6 Å². The third-order valence-electron chi connectivity index (χ3n) is 6.32. The highest BCUT2D eigenvalue weighted by molar-refractivity contribution is 7.18. The van der Waals surface area contributed by atoms with E-state index in [1.54, 1.807) is 6.07 Å². The van der Waals surface area contributed by atoms with Crippen LogP contribution >= 0.6 is 11.3 Å². The molecule has 10 heteroatoms. The van der Waals surface area contributed by atoms with Gasteiger partial charge in [-0.3, -0.25) is 4.90 Å². The summed E-state index contributed by atoms with van der Waals surface area (Å²) < 4.78 is 38.3. The van der Waals surface area contributed by atoms with Crippen LogP contribution in [0.2, 0.25) is 0 Å². The number of allylic oxidation sites excluding steroid dienone is 3. The molecule has 0 aromatic carbocycles. The van der Waals surface area contributed by atoms with E-state index in [1.807, 2.05) is 0 Å². The molecule has 2 aliphatic heterocycles. The maximum Gasteiger partial charge on any atom is 0.393 e. The number of hydrogen-bond donors (Lipinski definition) is 2. The summed E-state index contributed by atoms with van der Waals surface area (Å²) >= 11 is 1.07. The van der Waals surface area contributed by atoms with Crippen LogP contribution in [0.5, 0.6) is 0 Å². The minimum absolute atomic E-state index is 0.104. The van der Waals surface area contributed by atoms with Crippen LogP contribution in [0.15, 0.2) is 35.8 Å². The van der Waals surface area contributed by atoms with Gasteiger partial charge < -0.3 is 10.6 Å². The number of likely N-dealkylation sites (tertiary alicyclic amines) is 1. The molecule has 0 radical (unpaired) electrons. The number of anilines is 1. The van der Waals surface area contributed by atoms with Crippen molar-refractivity contribution in [3.05, 3.63) is 40.7 Å². The molecule has 2 atom stereocenters. The highest BCUT2D eigenvalue weighted by Crippen LogP contribution is 2.33. The second kappa shape index (κ2) is 10.3. The normalized spacial score (nSPS) is 23.9. The average Bonchev–Trinajstić information content (AvgIpc) is 3.35. The van der Waals surface area contributed by atoms with Gasteiger partial charge in [0.1, 0.15) is 23.0 Å². The number of hydrogen-bond acceptors (Lipinski definition) is 7. The van der Waals surface area contributed by atoms with Gasteiger partial charge in [0.25, 0.3) is 0 Å². The zero-order chi connectivity index (χ0) is 24.3. The van der Waals surface area contributed by atoms with Gasteiger partial charge in [-0.1, -0.05) is 18.6 Å². The predicted molar refractivity (Wildman–Crippen MR) is 128 cm³/mol. The Kier molecular flexibility index (Phi) is 7.43. The fourth-order valence-corrected chi connectivity index (χ4v) is 5.55. The number of thiophene rings is 1. The first-order chi connectivity index (χ1) is 16.2. The molecule has 0 aliphatic carbocycles. The zero-order valence-corrected chi connectivity index (χ0v) is 20.1. The van der Waals surface area contributed by atoms with Crippen molar-refractivity contribution in [3.8, 4) is 6.07 Å². The van der Waals surface area contributed by atoms with E-state index < -0.39 is 12.6 Å². The summed E-state index contributed by atoms with van der Waals surface area (Å²) in [7, 11) is 0. The zero-order valence-electron chi connectivity index (χ0n) is 19.3. The van der Waals surface area contributed by atoms with Crippen molar-refractivity contribution in [2.75, 3.05) is 25.0 Å². The SMILES string of the molecule is C/C(=C\C=C1/CC(C)C(C#N)N1)CN1CCC(Nc2ncnc3sc(CC(F)(F)F)cc23)CC1. The molecule has 4 rings (SSSR count). The van der Waals surface area contributed by atoms with Crippen molar-refractivity contribution in [1.82, 2.24) is 20.2 Å². The summed E-state index contributed by atoms with van der Waals surface area (Å²) in [4.78, 5) is 11.7. The number of aromatic nitrogens is 2. The Bertz CT molecular complexity index is 1110. The predicted octanol–water partition coefficient (Wildman–Crippen LogP) is 5.02. The van der Waals surface area contributed by atoms with E-state index in [0.29, 0.717) is 22.0 Å². The standard InChI is InChI=1S/C24H29F3N6S/c1-15(3-4-18-9-16(2)21(12-28)31-18)13-33-7-5-17(6-8-33)32-22-20-10-19(11-24(25,26)27)34-23(20)30-14-29-22/h3-4,10,14,16-17,21,31H,5-9,11,13H2,1-2H3,(H,29,30,32)/b15-3+,18-4+. The van der Waals surface area contributed by atoms with Gasteiger partial charge >= 0.3 is 6.18 Å². The first-order valence-corrected chi connectivity index (χ1v) is 12.3. The van der Waals surface area contributed by atoms with Crippen LogP contribution in [0, 0.1) is 17.2 Å². The van der Waals surface area contributed by atoms with Gasteiger partial charge in [0, 0.05) is 36.3 Å². The lowest BCUT2D eigenvalue weighted by atomic mass is 10.0. The Morgan fingerprint density at radius 2 is 2.12 bits per heavy atom. The maximum atomic E-state index is 12.8. The van der Waals surface area contributed by atoms with E-state index in [1.165, 1.54) is 11.9 Å². The molecule has 2 unspecified atom stereocenters. The molecule has 0 spiro atoms. The molecular formula is C24H29F3N6S. The summed E-state index contributed by atoms with van der Waals surface area (Å²) in [6, 6.07) is 3.98. The highest BCUT2D eigenvalue weighted by Gasteiger charge is 2.29.